The Labute approximate surface area is 184 Å². The van der Waals surface area contributed by atoms with E-state index in [-0.39, 0.29) is 35.8 Å². The van der Waals surface area contributed by atoms with Gasteiger partial charge in [-0.2, -0.15) is 13.2 Å². The predicted molar refractivity (Wildman–Crippen MR) is 114 cm³/mol. The first-order valence-electron chi connectivity index (χ1n) is 10.4. The van der Waals surface area contributed by atoms with Crippen molar-refractivity contribution in [2.75, 3.05) is 12.0 Å². The molecule has 0 bridgehead atoms. The van der Waals surface area contributed by atoms with Crippen molar-refractivity contribution in [3.8, 4) is 5.75 Å². The first-order chi connectivity index (χ1) is 15.2. The van der Waals surface area contributed by atoms with Gasteiger partial charge in [-0.3, -0.25) is 20.4 Å². The van der Waals surface area contributed by atoms with Crippen molar-refractivity contribution in [2.45, 2.75) is 51.4 Å². The van der Waals surface area contributed by atoms with E-state index in [1.54, 1.807) is 0 Å². The van der Waals surface area contributed by atoms with Gasteiger partial charge in [0.2, 0.25) is 0 Å². The zero-order valence-corrected chi connectivity index (χ0v) is 17.9. The number of hydrogen-bond donors (Lipinski definition) is 2. The number of alkyl halides is 3. The number of halogens is 3. The Kier molecular flexibility index (Phi) is 7.27. The molecule has 1 heterocycles. The average Bonchev–Trinajstić information content (AvgIpc) is 2.76. The van der Waals surface area contributed by atoms with Crippen LogP contribution in [0.5, 0.6) is 5.75 Å². The number of carbonyl (C=O) groups is 2. The molecule has 2 aromatic rings. The number of piperidine rings is 1. The minimum absolute atomic E-state index is 0.0842. The van der Waals surface area contributed by atoms with E-state index in [0.29, 0.717) is 5.75 Å². The number of anilines is 1. The lowest BCUT2D eigenvalue weighted by molar-refractivity contribution is -0.139. The Morgan fingerprint density at radius 2 is 1.66 bits per heavy atom. The van der Waals surface area contributed by atoms with Crippen molar-refractivity contribution < 1.29 is 27.5 Å². The molecule has 0 spiro atoms. The van der Waals surface area contributed by atoms with Crippen LogP contribution in [-0.4, -0.2) is 35.4 Å². The third kappa shape index (κ3) is 5.72. The quantitative estimate of drug-likeness (QED) is 0.631. The number of benzene rings is 2. The van der Waals surface area contributed by atoms with Crippen LogP contribution in [0.2, 0.25) is 0 Å². The molecule has 2 aromatic carbocycles. The van der Waals surface area contributed by atoms with Crippen LogP contribution in [-0.2, 0) is 11.0 Å². The van der Waals surface area contributed by atoms with E-state index in [4.69, 9.17) is 4.74 Å². The summed E-state index contributed by atoms with van der Waals surface area (Å²) in [4.78, 5) is 26.7. The van der Waals surface area contributed by atoms with Crippen LogP contribution >= 0.6 is 0 Å². The number of nitrogens with one attached hydrogen (secondary N) is 2. The molecule has 2 amide bonds. The first-order valence-corrected chi connectivity index (χ1v) is 10.4. The molecule has 1 aliphatic heterocycles. The van der Waals surface area contributed by atoms with Gasteiger partial charge in [-0.05, 0) is 69.5 Å². The van der Waals surface area contributed by atoms with Crippen molar-refractivity contribution in [3.63, 3.8) is 0 Å². The van der Waals surface area contributed by atoms with Crippen LogP contribution in [0.1, 0.15) is 49.0 Å². The Morgan fingerprint density at radius 3 is 2.28 bits per heavy atom. The average molecular weight is 449 g/mol. The number of carbonyl (C=O) groups excluding carboxylic acids is 2. The standard InChI is InChI=1S/C23H26F3N3O3/c1-15-6-5-7-16(2)29(15)21(30)14-32-18-12-10-17(11-13-18)22(31)28-27-20-9-4-3-8-19(20)23(24,25)26/h3-4,8-13,15-16,27H,5-7,14H2,1-2H3,(H,28,31). The molecule has 1 aliphatic rings. The molecule has 0 aromatic heterocycles. The molecule has 1 saturated heterocycles. The minimum atomic E-state index is -4.55. The summed E-state index contributed by atoms with van der Waals surface area (Å²) in [6, 6.07) is 11.2. The van der Waals surface area contributed by atoms with E-state index in [1.165, 1.54) is 42.5 Å². The monoisotopic (exact) mass is 449 g/mol. The zero-order valence-electron chi connectivity index (χ0n) is 17.9. The maximum Gasteiger partial charge on any atom is 0.418 e. The number of hydrazine groups is 1. The number of ether oxygens (including phenoxy) is 1. The predicted octanol–water partition coefficient (Wildman–Crippen LogP) is 4.63. The molecule has 1 fully saturated rings. The highest BCUT2D eigenvalue weighted by Gasteiger charge is 2.33. The summed E-state index contributed by atoms with van der Waals surface area (Å²) in [5.41, 5.74) is 3.66. The minimum Gasteiger partial charge on any atom is -0.484 e. The van der Waals surface area contributed by atoms with Gasteiger partial charge in [0.05, 0.1) is 11.3 Å². The number of likely N-dealkylation sites (tertiary alicyclic amines) is 1. The highest BCUT2D eigenvalue weighted by molar-refractivity contribution is 5.95. The lowest BCUT2D eigenvalue weighted by atomic mass is 9.97. The third-order valence-electron chi connectivity index (χ3n) is 5.50. The normalized spacial score (nSPS) is 18.7. The van der Waals surface area contributed by atoms with E-state index in [2.05, 4.69) is 10.9 Å². The fourth-order valence-corrected chi connectivity index (χ4v) is 3.87. The smallest absolute Gasteiger partial charge is 0.418 e. The van der Waals surface area contributed by atoms with Crippen LogP contribution in [0, 0.1) is 0 Å². The molecule has 6 nitrogen and oxygen atoms in total. The van der Waals surface area contributed by atoms with E-state index < -0.39 is 17.6 Å². The molecule has 32 heavy (non-hydrogen) atoms. The van der Waals surface area contributed by atoms with Gasteiger partial charge in [-0.1, -0.05) is 12.1 Å². The SMILES string of the molecule is CC1CCCC(C)N1C(=O)COc1ccc(C(=O)NNc2ccccc2C(F)(F)F)cc1. The molecule has 0 radical (unpaired) electrons. The second kappa shape index (κ2) is 9.93. The Bertz CT molecular complexity index is 937. The van der Waals surface area contributed by atoms with Crippen molar-refractivity contribution in [1.82, 2.24) is 10.3 Å². The Balaban J connectivity index is 1.54. The van der Waals surface area contributed by atoms with Crippen LogP contribution in [0.15, 0.2) is 48.5 Å². The number of rotatable bonds is 6. The van der Waals surface area contributed by atoms with Gasteiger partial charge in [0.1, 0.15) is 5.75 Å². The van der Waals surface area contributed by atoms with E-state index >= 15 is 0 Å². The molecule has 2 unspecified atom stereocenters. The maximum absolute atomic E-state index is 13.0. The lowest BCUT2D eigenvalue weighted by Crippen LogP contribution is -2.49. The molecule has 172 valence electrons. The largest absolute Gasteiger partial charge is 0.484 e. The molecule has 2 N–H and O–H groups in total. The summed E-state index contributed by atoms with van der Waals surface area (Å²) in [6.07, 6.45) is -1.50. The topological polar surface area (TPSA) is 70.7 Å². The summed E-state index contributed by atoms with van der Waals surface area (Å²) < 4.78 is 44.7. The Hall–Kier alpha value is -3.23. The summed E-state index contributed by atoms with van der Waals surface area (Å²) in [5, 5.41) is 0. The van der Waals surface area contributed by atoms with Crippen molar-refractivity contribution in [1.29, 1.82) is 0 Å². The number of para-hydroxylation sites is 1. The molecular formula is C23H26F3N3O3. The molecule has 0 saturated carbocycles. The Morgan fingerprint density at radius 1 is 1.03 bits per heavy atom. The zero-order chi connectivity index (χ0) is 23.3. The van der Waals surface area contributed by atoms with E-state index in [1.807, 2.05) is 18.7 Å². The van der Waals surface area contributed by atoms with Crippen molar-refractivity contribution in [2.24, 2.45) is 0 Å². The van der Waals surface area contributed by atoms with Gasteiger partial charge < -0.3 is 9.64 Å². The molecule has 0 aliphatic carbocycles. The molecule has 9 heteroatoms. The maximum atomic E-state index is 13.0. The summed E-state index contributed by atoms with van der Waals surface area (Å²) >= 11 is 0. The number of nitrogens with zero attached hydrogens (tertiary/aromatic N) is 1. The highest BCUT2D eigenvalue weighted by Crippen LogP contribution is 2.34. The van der Waals surface area contributed by atoms with Gasteiger partial charge in [0, 0.05) is 17.6 Å². The van der Waals surface area contributed by atoms with Crippen LogP contribution < -0.4 is 15.6 Å². The van der Waals surface area contributed by atoms with Gasteiger partial charge in [-0.25, -0.2) is 0 Å². The fourth-order valence-electron chi connectivity index (χ4n) is 3.87. The van der Waals surface area contributed by atoms with E-state index in [0.717, 1.165) is 25.3 Å². The fraction of sp³-hybridized carbons (Fsp3) is 0.391. The van der Waals surface area contributed by atoms with Crippen LogP contribution in [0.3, 0.4) is 0 Å². The molecule has 2 atom stereocenters. The van der Waals surface area contributed by atoms with Crippen LogP contribution in [0.25, 0.3) is 0 Å². The molecular weight excluding hydrogens is 423 g/mol. The summed E-state index contributed by atoms with van der Waals surface area (Å²) in [6.45, 7) is 3.96. The first kappa shape index (κ1) is 23.4. The summed E-state index contributed by atoms with van der Waals surface area (Å²) in [5.74, 6) is -0.276. The third-order valence-corrected chi connectivity index (χ3v) is 5.50. The van der Waals surface area contributed by atoms with E-state index in [9.17, 15) is 22.8 Å². The number of amides is 2. The second-order valence-electron chi connectivity index (χ2n) is 7.87. The van der Waals surface area contributed by atoms with Crippen molar-refractivity contribution in [3.05, 3.63) is 59.7 Å². The van der Waals surface area contributed by atoms with Gasteiger partial charge in [0.15, 0.2) is 6.61 Å². The van der Waals surface area contributed by atoms with Gasteiger partial charge in [-0.15, -0.1) is 0 Å². The molecule has 3 rings (SSSR count). The lowest BCUT2D eigenvalue weighted by Gasteiger charge is -2.38. The second-order valence-corrected chi connectivity index (χ2v) is 7.87. The van der Waals surface area contributed by atoms with Crippen LogP contribution in [0.4, 0.5) is 18.9 Å². The van der Waals surface area contributed by atoms with Crippen molar-refractivity contribution >= 4 is 17.5 Å². The highest BCUT2D eigenvalue weighted by atomic mass is 19.4. The van der Waals surface area contributed by atoms with Gasteiger partial charge >= 0.3 is 6.18 Å². The summed E-state index contributed by atoms with van der Waals surface area (Å²) in [7, 11) is 0. The van der Waals surface area contributed by atoms with Gasteiger partial charge in [0.25, 0.3) is 11.8 Å². The number of hydrogen-bond acceptors (Lipinski definition) is 4.